The minimum atomic E-state index is -0.667. The van der Waals surface area contributed by atoms with Crippen LogP contribution in [-0.4, -0.2) is 18.1 Å². The quantitative estimate of drug-likeness (QED) is 0.838. The summed E-state index contributed by atoms with van der Waals surface area (Å²) in [6.07, 6.45) is 0.786. The summed E-state index contributed by atoms with van der Waals surface area (Å²) >= 11 is 0. The molecular formula is C14H19NO2. The highest BCUT2D eigenvalue weighted by Crippen LogP contribution is 2.47. The Kier molecular flexibility index (Phi) is 3.20. The van der Waals surface area contributed by atoms with Gasteiger partial charge in [0.15, 0.2) is 0 Å². The number of carbonyl (C=O) groups is 1. The maximum Gasteiger partial charge on any atom is 0.306 e. The van der Waals surface area contributed by atoms with Crippen LogP contribution >= 0.6 is 0 Å². The van der Waals surface area contributed by atoms with Gasteiger partial charge in [0.05, 0.1) is 5.92 Å². The zero-order valence-electron chi connectivity index (χ0n) is 10.5. The first-order chi connectivity index (χ1) is 8.04. The lowest BCUT2D eigenvalue weighted by Crippen LogP contribution is -2.21. The predicted octanol–water partition coefficient (Wildman–Crippen LogP) is 2.28. The average Bonchev–Trinajstić information content (AvgIpc) is 3.02. The summed E-state index contributed by atoms with van der Waals surface area (Å²) in [7, 11) is 1.90. The van der Waals surface area contributed by atoms with Gasteiger partial charge in [0.25, 0.3) is 0 Å². The Bertz CT molecular complexity index is 442. The Labute approximate surface area is 102 Å². The van der Waals surface area contributed by atoms with Crippen LogP contribution in [0.3, 0.4) is 0 Å². The van der Waals surface area contributed by atoms with E-state index in [1.807, 2.05) is 7.05 Å². The first kappa shape index (κ1) is 12.1. The second kappa shape index (κ2) is 4.49. The molecule has 1 aromatic rings. The van der Waals surface area contributed by atoms with Crippen LogP contribution in [0.15, 0.2) is 18.2 Å². The molecule has 0 aliphatic heterocycles. The van der Waals surface area contributed by atoms with E-state index in [0.29, 0.717) is 0 Å². The van der Waals surface area contributed by atoms with Crippen molar-refractivity contribution in [2.45, 2.75) is 26.3 Å². The third kappa shape index (κ3) is 2.34. The van der Waals surface area contributed by atoms with Gasteiger partial charge in [-0.15, -0.1) is 0 Å². The molecule has 1 saturated carbocycles. The standard InChI is InChI=1S/C14H19NO2/c1-8-4-5-10(9(2)6-8)13(15-3)11-7-12(11)14(16)17/h4-6,11-13,15H,7H2,1-3H3,(H,16,17). The first-order valence-electron chi connectivity index (χ1n) is 6.01. The zero-order valence-corrected chi connectivity index (χ0v) is 10.5. The van der Waals surface area contributed by atoms with Crippen molar-refractivity contribution in [3.8, 4) is 0 Å². The van der Waals surface area contributed by atoms with Gasteiger partial charge in [-0.05, 0) is 44.4 Å². The van der Waals surface area contributed by atoms with Gasteiger partial charge in [-0.3, -0.25) is 4.79 Å². The van der Waals surface area contributed by atoms with Gasteiger partial charge in [0, 0.05) is 6.04 Å². The minimum absolute atomic E-state index is 0.164. The number of rotatable bonds is 4. The Morgan fingerprint density at radius 3 is 2.65 bits per heavy atom. The van der Waals surface area contributed by atoms with Gasteiger partial charge in [0.2, 0.25) is 0 Å². The SMILES string of the molecule is CNC(c1ccc(C)cc1C)C1CC1C(=O)O. The van der Waals surface area contributed by atoms with Crippen LogP contribution in [0.4, 0.5) is 0 Å². The molecule has 2 N–H and O–H groups in total. The van der Waals surface area contributed by atoms with Crippen molar-refractivity contribution in [1.82, 2.24) is 5.32 Å². The lowest BCUT2D eigenvalue weighted by Gasteiger charge is -2.19. The molecule has 92 valence electrons. The molecular weight excluding hydrogens is 214 g/mol. The maximum atomic E-state index is 10.9. The van der Waals surface area contributed by atoms with Gasteiger partial charge in [-0.25, -0.2) is 0 Å². The second-order valence-corrected chi connectivity index (χ2v) is 4.97. The Morgan fingerprint density at radius 2 is 2.18 bits per heavy atom. The summed E-state index contributed by atoms with van der Waals surface area (Å²) < 4.78 is 0. The van der Waals surface area contributed by atoms with Crippen molar-refractivity contribution >= 4 is 5.97 Å². The van der Waals surface area contributed by atoms with Crippen molar-refractivity contribution in [1.29, 1.82) is 0 Å². The highest BCUT2D eigenvalue weighted by Gasteiger charge is 2.48. The number of hydrogen-bond acceptors (Lipinski definition) is 2. The minimum Gasteiger partial charge on any atom is -0.481 e. The van der Waals surface area contributed by atoms with E-state index in [-0.39, 0.29) is 17.9 Å². The number of carboxylic acid groups (broad SMARTS) is 1. The topological polar surface area (TPSA) is 49.3 Å². The molecule has 0 amide bonds. The smallest absolute Gasteiger partial charge is 0.306 e. The van der Waals surface area contributed by atoms with E-state index >= 15 is 0 Å². The Morgan fingerprint density at radius 1 is 1.47 bits per heavy atom. The number of aliphatic carboxylic acids is 1. The van der Waals surface area contributed by atoms with E-state index in [1.54, 1.807) is 0 Å². The van der Waals surface area contributed by atoms with Crippen molar-refractivity contribution in [2.75, 3.05) is 7.05 Å². The summed E-state index contributed by atoms with van der Waals surface area (Å²) in [5.41, 5.74) is 3.71. The molecule has 17 heavy (non-hydrogen) atoms. The fourth-order valence-corrected chi connectivity index (χ4v) is 2.64. The fraction of sp³-hybridized carbons (Fsp3) is 0.500. The van der Waals surface area contributed by atoms with E-state index < -0.39 is 5.97 Å². The molecule has 1 aliphatic rings. The molecule has 1 aromatic carbocycles. The van der Waals surface area contributed by atoms with Crippen LogP contribution in [0, 0.1) is 25.7 Å². The molecule has 0 aromatic heterocycles. The third-order valence-corrected chi connectivity index (χ3v) is 3.66. The van der Waals surface area contributed by atoms with Crippen LogP contribution < -0.4 is 5.32 Å². The van der Waals surface area contributed by atoms with Crippen LogP contribution in [-0.2, 0) is 4.79 Å². The van der Waals surface area contributed by atoms with Crippen LogP contribution in [0.2, 0.25) is 0 Å². The lowest BCUT2D eigenvalue weighted by molar-refractivity contribution is -0.138. The Hall–Kier alpha value is -1.35. The molecule has 0 heterocycles. The molecule has 0 bridgehead atoms. The molecule has 3 heteroatoms. The van der Waals surface area contributed by atoms with Crippen molar-refractivity contribution in [2.24, 2.45) is 11.8 Å². The number of benzene rings is 1. The summed E-state index contributed by atoms with van der Waals surface area (Å²) in [5.74, 6) is -0.605. The normalized spacial score (nSPS) is 24.4. The summed E-state index contributed by atoms with van der Waals surface area (Å²) in [6, 6.07) is 6.52. The van der Waals surface area contributed by atoms with Crippen molar-refractivity contribution in [3.05, 3.63) is 34.9 Å². The number of carboxylic acids is 1. The largest absolute Gasteiger partial charge is 0.481 e. The number of hydrogen-bond donors (Lipinski definition) is 2. The monoisotopic (exact) mass is 233 g/mol. The predicted molar refractivity (Wildman–Crippen MR) is 66.9 cm³/mol. The van der Waals surface area contributed by atoms with Crippen LogP contribution in [0.1, 0.15) is 29.2 Å². The molecule has 3 atom stereocenters. The number of aryl methyl sites for hydroxylation is 2. The lowest BCUT2D eigenvalue weighted by atomic mass is 9.95. The van der Waals surface area contributed by atoms with E-state index in [1.165, 1.54) is 16.7 Å². The molecule has 3 unspecified atom stereocenters. The first-order valence-corrected chi connectivity index (χ1v) is 6.01. The summed E-state index contributed by atoms with van der Waals surface area (Å²) in [5, 5.41) is 12.3. The molecule has 1 fully saturated rings. The van der Waals surface area contributed by atoms with Gasteiger partial charge < -0.3 is 10.4 Å². The zero-order chi connectivity index (χ0) is 12.6. The highest BCUT2D eigenvalue weighted by atomic mass is 16.4. The number of nitrogens with one attached hydrogen (secondary N) is 1. The van der Waals surface area contributed by atoms with E-state index in [0.717, 1.165) is 6.42 Å². The van der Waals surface area contributed by atoms with Crippen LogP contribution in [0.5, 0.6) is 0 Å². The average molecular weight is 233 g/mol. The van der Waals surface area contributed by atoms with Crippen molar-refractivity contribution < 1.29 is 9.90 Å². The second-order valence-electron chi connectivity index (χ2n) is 4.97. The molecule has 0 radical (unpaired) electrons. The van der Waals surface area contributed by atoms with Crippen LogP contribution in [0.25, 0.3) is 0 Å². The molecule has 1 aliphatic carbocycles. The van der Waals surface area contributed by atoms with E-state index in [2.05, 4.69) is 37.4 Å². The molecule has 0 saturated heterocycles. The molecule has 2 rings (SSSR count). The third-order valence-electron chi connectivity index (χ3n) is 3.66. The van der Waals surface area contributed by atoms with Gasteiger partial charge in [-0.2, -0.15) is 0 Å². The van der Waals surface area contributed by atoms with Crippen molar-refractivity contribution in [3.63, 3.8) is 0 Å². The van der Waals surface area contributed by atoms with E-state index in [9.17, 15) is 4.79 Å². The maximum absolute atomic E-state index is 10.9. The fourth-order valence-electron chi connectivity index (χ4n) is 2.64. The molecule has 3 nitrogen and oxygen atoms in total. The summed E-state index contributed by atoms with van der Waals surface area (Å²) in [4.78, 5) is 10.9. The highest BCUT2D eigenvalue weighted by molar-refractivity contribution is 5.73. The van der Waals surface area contributed by atoms with Gasteiger partial charge in [-0.1, -0.05) is 23.8 Å². The van der Waals surface area contributed by atoms with E-state index in [4.69, 9.17) is 5.11 Å². The van der Waals surface area contributed by atoms with Gasteiger partial charge >= 0.3 is 5.97 Å². The Balaban J connectivity index is 2.22. The molecule has 0 spiro atoms. The van der Waals surface area contributed by atoms with Gasteiger partial charge in [0.1, 0.15) is 0 Å². The summed E-state index contributed by atoms with van der Waals surface area (Å²) in [6.45, 7) is 4.16.